The second-order valence-electron chi connectivity index (χ2n) is 5.28. The zero-order valence-electron chi connectivity index (χ0n) is 12.2. The third-order valence-electron chi connectivity index (χ3n) is 4.14. The Labute approximate surface area is 115 Å². The molecule has 19 heavy (non-hydrogen) atoms. The topological polar surface area (TPSA) is 62.3 Å². The van der Waals surface area contributed by atoms with Crippen LogP contribution in [0.25, 0.3) is 0 Å². The number of aromatic nitrogens is 2. The molecule has 0 radical (unpaired) electrons. The number of rotatable bonds is 5. The number of hydrogen-bond acceptors (Lipinski definition) is 4. The van der Waals surface area contributed by atoms with Crippen LogP contribution < -0.4 is 5.73 Å². The van der Waals surface area contributed by atoms with Crippen molar-refractivity contribution in [2.24, 2.45) is 5.73 Å². The van der Waals surface area contributed by atoms with Gasteiger partial charge in [0.25, 0.3) is 0 Å². The first-order valence-electron chi connectivity index (χ1n) is 7.03. The highest BCUT2D eigenvalue weighted by Gasteiger charge is 2.39. The minimum absolute atomic E-state index is 0.0252. The van der Waals surface area contributed by atoms with Crippen LogP contribution in [-0.4, -0.2) is 41.7 Å². The van der Waals surface area contributed by atoms with Gasteiger partial charge < -0.3 is 15.2 Å². The van der Waals surface area contributed by atoms with Crippen LogP contribution in [0.2, 0.25) is 0 Å². The molecule has 2 heterocycles. The summed E-state index contributed by atoms with van der Waals surface area (Å²) < 4.78 is 13.2. The lowest BCUT2D eigenvalue weighted by molar-refractivity contribution is -0.104. The molecule has 1 aliphatic heterocycles. The molecule has 1 saturated heterocycles. The third kappa shape index (κ3) is 2.99. The van der Waals surface area contributed by atoms with Crippen molar-refractivity contribution < 1.29 is 9.47 Å². The van der Waals surface area contributed by atoms with Crippen molar-refractivity contribution in [3.63, 3.8) is 0 Å². The summed E-state index contributed by atoms with van der Waals surface area (Å²) in [6.07, 6.45) is 2.52. The smallest absolute Gasteiger partial charge is 0.0876 e. The highest BCUT2D eigenvalue weighted by Crippen LogP contribution is 2.29. The number of nitrogens with zero attached hydrogens (tertiary/aromatic N) is 2. The van der Waals surface area contributed by atoms with Gasteiger partial charge in [-0.1, -0.05) is 0 Å². The van der Waals surface area contributed by atoms with Gasteiger partial charge in [-0.15, -0.1) is 0 Å². The molecule has 1 aromatic heterocycles. The van der Waals surface area contributed by atoms with E-state index in [9.17, 15) is 0 Å². The van der Waals surface area contributed by atoms with Gasteiger partial charge >= 0.3 is 0 Å². The molecule has 0 amide bonds. The second kappa shape index (κ2) is 6.03. The van der Waals surface area contributed by atoms with Gasteiger partial charge in [0.1, 0.15) is 0 Å². The van der Waals surface area contributed by atoms with E-state index in [0.717, 1.165) is 44.7 Å². The molecule has 2 N–H and O–H groups in total. The molecule has 1 fully saturated rings. The minimum atomic E-state index is -0.255. The van der Waals surface area contributed by atoms with Gasteiger partial charge in [0, 0.05) is 57.9 Å². The van der Waals surface area contributed by atoms with Gasteiger partial charge in [-0.25, -0.2) is 0 Å². The normalized spacial score (nSPS) is 20.4. The molecule has 1 aliphatic rings. The quantitative estimate of drug-likeness (QED) is 0.873. The standard InChI is InChI=1S/C14H25N3O2/c1-4-17-12(9-11(2)16-17)10-13(15)14(18-3)5-7-19-8-6-14/h9,13H,4-8,10,15H2,1-3H3. The number of ether oxygens (including phenoxy) is 2. The Morgan fingerprint density at radius 2 is 2.21 bits per heavy atom. The average Bonchev–Trinajstić information content (AvgIpc) is 2.79. The van der Waals surface area contributed by atoms with Crippen LogP contribution >= 0.6 is 0 Å². The Hall–Kier alpha value is -0.910. The summed E-state index contributed by atoms with van der Waals surface area (Å²) in [5.41, 5.74) is 8.42. The molecule has 0 bridgehead atoms. The van der Waals surface area contributed by atoms with Crippen LogP contribution in [0.3, 0.4) is 0 Å². The Bertz CT molecular complexity index is 411. The molecule has 0 saturated carbocycles. The van der Waals surface area contributed by atoms with E-state index in [1.807, 2.05) is 11.6 Å². The summed E-state index contributed by atoms with van der Waals surface area (Å²) in [7, 11) is 1.76. The fourth-order valence-corrected chi connectivity index (χ4v) is 2.89. The highest BCUT2D eigenvalue weighted by molar-refractivity contribution is 5.12. The third-order valence-corrected chi connectivity index (χ3v) is 4.14. The van der Waals surface area contributed by atoms with Gasteiger partial charge in [0.2, 0.25) is 0 Å². The maximum absolute atomic E-state index is 6.44. The molecule has 0 aliphatic carbocycles. The first kappa shape index (κ1) is 14.5. The maximum Gasteiger partial charge on any atom is 0.0876 e. The van der Waals surface area contributed by atoms with Crippen molar-refractivity contribution >= 4 is 0 Å². The molecule has 1 aromatic rings. The van der Waals surface area contributed by atoms with Crippen LogP contribution in [0.1, 0.15) is 31.2 Å². The Morgan fingerprint density at radius 3 is 2.79 bits per heavy atom. The van der Waals surface area contributed by atoms with Crippen molar-refractivity contribution in [3.05, 3.63) is 17.5 Å². The van der Waals surface area contributed by atoms with E-state index >= 15 is 0 Å². The predicted octanol–water partition coefficient (Wildman–Crippen LogP) is 1.28. The molecule has 0 aromatic carbocycles. The Balaban J connectivity index is 2.12. The fraction of sp³-hybridized carbons (Fsp3) is 0.786. The van der Waals surface area contributed by atoms with E-state index < -0.39 is 0 Å². The lowest BCUT2D eigenvalue weighted by Gasteiger charge is -2.40. The van der Waals surface area contributed by atoms with Gasteiger partial charge in [-0.2, -0.15) is 5.10 Å². The van der Waals surface area contributed by atoms with Crippen molar-refractivity contribution in [1.29, 1.82) is 0 Å². The number of aryl methyl sites for hydroxylation is 2. The largest absolute Gasteiger partial charge is 0.381 e. The van der Waals surface area contributed by atoms with E-state index in [4.69, 9.17) is 15.2 Å². The van der Waals surface area contributed by atoms with Gasteiger partial charge in [-0.3, -0.25) is 4.68 Å². The molecule has 2 rings (SSSR count). The summed E-state index contributed by atoms with van der Waals surface area (Å²) in [5, 5.41) is 4.47. The van der Waals surface area contributed by atoms with Crippen molar-refractivity contribution in [2.45, 2.75) is 51.3 Å². The second-order valence-corrected chi connectivity index (χ2v) is 5.28. The van der Waals surface area contributed by atoms with Crippen molar-refractivity contribution in [2.75, 3.05) is 20.3 Å². The van der Waals surface area contributed by atoms with E-state index in [2.05, 4.69) is 18.1 Å². The predicted molar refractivity (Wildman–Crippen MR) is 74.1 cm³/mol. The number of nitrogens with two attached hydrogens (primary N) is 1. The molecular formula is C14H25N3O2. The lowest BCUT2D eigenvalue weighted by Crippen LogP contribution is -2.54. The zero-order valence-corrected chi connectivity index (χ0v) is 12.2. The lowest BCUT2D eigenvalue weighted by atomic mass is 9.84. The first-order chi connectivity index (χ1) is 9.11. The average molecular weight is 267 g/mol. The van der Waals surface area contributed by atoms with E-state index in [1.54, 1.807) is 7.11 Å². The van der Waals surface area contributed by atoms with E-state index in [0.29, 0.717) is 0 Å². The number of hydrogen-bond donors (Lipinski definition) is 1. The summed E-state index contributed by atoms with van der Waals surface area (Å²) in [6, 6.07) is 2.09. The Kier molecular flexibility index (Phi) is 4.60. The van der Waals surface area contributed by atoms with E-state index in [1.165, 1.54) is 5.69 Å². The summed E-state index contributed by atoms with van der Waals surface area (Å²) in [5.74, 6) is 0. The summed E-state index contributed by atoms with van der Waals surface area (Å²) in [6.45, 7) is 6.45. The summed E-state index contributed by atoms with van der Waals surface area (Å²) in [4.78, 5) is 0. The monoisotopic (exact) mass is 267 g/mol. The molecule has 0 spiro atoms. The molecule has 5 heteroatoms. The number of methoxy groups -OCH3 is 1. The van der Waals surface area contributed by atoms with Gasteiger partial charge in [-0.05, 0) is 19.9 Å². The van der Waals surface area contributed by atoms with Crippen LogP contribution in [0.15, 0.2) is 6.07 Å². The molecular weight excluding hydrogens is 242 g/mol. The van der Waals surface area contributed by atoms with Crippen LogP contribution in [-0.2, 0) is 22.4 Å². The highest BCUT2D eigenvalue weighted by atomic mass is 16.5. The minimum Gasteiger partial charge on any atom is -0.381 e. The van der Waals surface area contributed by atoms with Crippen molar-refractivity contribution in [1.82, 2.24) is 9.78 Å². The Morgan fingerprint density at radius 1 is 1.53 bits per heavy atom. The van der Waals surface area contributed by atoms with Crippen LogP contribution in [0.4, 0.5) is 0 Å². The van der Waals surface area contributed by atoms with Crippen LogP contribution in [0.5, 0.6) is 0 Å². The molecule has 1 atom stereocenters. The maximum atomic E-state index is 6.44. The van der Waals surface area contributed by atoms with Gasteiger partial charge in [0.15, 0.2) is 0 Å². The molecule has 108 valence electrons. The first-order valence-corrected chi connectivity index (χ1v) is 7.03. The van der Waals surface area contributed by atoms with Crippen molar-refractivity contribution in [3.8, 4) is 0 Å². The van der Waals surface area contributed by atoms with Gasteiger partial charge in [0.05, 0.1) is 11.3 Å². The SMILES string of the molecule is CCn1nc(C)cc1CC(N)C1(OC)CCOCC1. The molecule has 5 nitrogen and oxygen atoms in total. The van der Waals surface area contributed by atoms with E-state index in [-0.39, 0.29) is 11.6 Å². The zero-order chi connectivity index (χ0) is 13.9. The molecule has 1 unspecified atom stereocenters. The summed E-state index contributed by atoms with van der Waals surface area (Å²) >= 11 is 0. The van der Waals surface area contributed by atoms with Crippen LogP contribution in [0, 0.1) is 6.92 Å². The fourth-order valence-electron chi connectivity index (χ4n) is 2.89.